The minimum atomic E-state index is -0.620. The lowest BCUT2D eigenvalue weighted by Crippen LogP contribution is -2.28. The highest BCUT2D eigenvalue weighted by Gasteiger charge is 2.23. The lowest BCUT2D eigenvalue weighted by Gasteiger charge is -2.24. The Balaban J connectivity index is 0.000000321. The summed E-state index contributed by atoms with van der Waals surface area (Å²) in [6.07, 6.45) is 15.3. The van der Waals surface area contributed by atoms with Crippen molar-refractivity contribution in [3.63, 3.8) is 0 Å². The highest BCUT2D eigenvalue weighted by Crippen LogP contribution is 2.20. The number of carbonyl (C=O) groups excluding carboxylic acids is 2. The van der Waals surface area contributed by atoms with Gasteiger partial charge in [0.1, 0.15) is 10.5 Å². The van der Waals surface area contributed by atoms with Gasteiger partial charge in [-0.3, -0.25) is 9.59 Å². The molecule has 0 N–H and O–H groups in total. The van der Waals surface area contributed by atoms with Crippen LogP contribution in [-0.4, -0.2) is 26.6 Å². The Bertz CT molecular complexity index is 613. The third kappa shape index (κ3) is 9.61. The fraction of sp³-hybridized carbons (Fsp3) is 0.615. The molecule has 1 aromatic rings. The lowest BCUT2D eigenvalue weighted by molar-refractivity contribution is 0.0994. The second kappa shape index (κ2) is 15.4. The molecule has 0 radical (unpaired) electrons. The quantitative estimate of drug-likeness (QED) is 0.262. The highest BCUT2D eigenvalue weighted by atomic mass is 32.2. The van der Waals surface area contributed by atoms with Gasteiger partial charge in [-0.05, 0) is 62.9 Å². The molecule has 2 rings (SSSR count). The number of allylic oxidation sites excluding steroid dienone is 2. The van der Waals surface area contributed by atoms with Gasteiger partial charge in [0, 0.05) is 11.1 Å². The van der Waals surface area contributed by atoms with Crippen molar-refractivity contribution < 1.29 is 14.1 Å². The Hall–Kier alpha value is -1.39. The summed E-state index contributed by atoms with van der Waals surface area (Å²) >= 11 is -0.620. The number of fused-ring (bicyclic) bond motifs is 1. The SMILES string of the molecule is CCCCCCC(C)[S+]([O-])C(C)CCCCCC.O=C1C=CC(=O)c2ccccc21. The van der Waals surface area contributed by atoms with Crippen molar-refractivity contribution in [1.29, 1.82) is 0 Å². The summed E-state index contributed by atoms with van der Waals surface area (Å²) in [6, 6.07) is 6.84. The molecule has 30 heavy (non-hydrogen) atoms. The van der Waals surface area contributed by atoms with Crippen molar-refractivity contribution in [3.05, 3.63) is 47.5 Å². The van der Waals surface area contributed by atoms with Crippen LogP contribution in [0.1, 0.15) is 113 Å². The van der Waals surface area contributed by atoms with Crippen molar-refractivity contribution in [3.8, 4) is 0 Å². The normalized spacial score (nSPS) is 15.8. The first-order valence-electron chi connectivity index (χ1n) is 11.7. The van der Waals surface area contributed by atoms with Crippen LogP contribution in [0.25, 0.3) is 0 Å². The zero-order valence-electron chi connectivity index (χ0n) is 19.3. The minimum Gasteiger partial charge on any atom is -0.616 e. The van der Waals surface area contributed by atoms with E-state index in [0.29, 0.717) is 21.6 Å². The van der Waals surface area contributed by atoms with Crippen LogP contribution in [-0.2, 0) is 11.2 Å². The number of rotatable bonds is 12. The van der Waals surface area contributed by atoms with Crippen LogP contribution in [0.2, 0.25) is 0 Å². The predicted molar refractivity (Wildman–Crippen MR) is 129 cm³/mol. The first-order chi connectivity index (χ1) is 14.4. The molecule has 0 aromatic heterocycles. The van der Waals surface area contributed by atoms with Gasteiger partial charge in [0.25, 0.3) is 0 Å². The molecule has 0 saturated carbocycles. The molecule has 168 valence electrons. The average Bonchev–Trinajstić information content (AvgIpc) is 2.76. The average molecular weight is 433 g/mol. The molecule has 4 heteroatoms. The van der Waals surface area contributed by atoms with Crippen molar-refractivity contribution in [2.45, 2.75) is 102 Å². The maximum Gasteiger partial charge on any atom is 0.186 e. The van der Waals surface area contributed by atoms with Crippen LogP contribution in [0.3, 0.4) is 0 Å². The molecule has 0 bridgehead atoms. The second-order valence-electron chi connectivity index (χ2n) is 8.26. The Morgan fingerprint density at radius 1 is 0.733 bits per heavy atom. The van der Waals surface area contributed by atoms with Crippen molar-refractivity contribution in [1.82, 2.24) is 0 Å². The fourth-order valence-electron chi connectivity index (χ4n) is 3.59. The summed E-state index contributed by atoms with van der Waals surface area (Å²) in [5.74, 6) is -0.185. The second-order valence-corrected chi connectivity index (χ2v) is 10.5. The van der Waals surface area contributed by atoms with Gasteiger partial charge in [-0.1, -0.05) is 76.6 Å². The summed E-state index contributed by atoms with van der Waals surface area (Å²) in [5.41, 5.74) is 1.01. The van der Waals surface area contributed by atoms with E-state index in [1.165, 1.54) is 63.5 Å². The Labute approximate surface area is 186 Å². The summed E-state index contributed by atoms with van der Waals surface area (Å²) in [5, 5.41) is 0.783. The van der Waals surface area contributed by atoms with Gasteiger partial charge in [-0.2, -0.15) is 0 Å². The van der Waals surface area contributed by atoms with Gasteiger partial charge in [0.15, 0.2) is 11.6 Å². The van der Waals surface area contributed by atoms with Crippen LogP contribution < -0.4 is 0 Å². The van der Waals surface area contributed by atoms with Gasteiger partial charge in [0.2, 0.25) is 0 Å². The van der Waals surface area contributed by atoms with E-state index in [4.69, 9.17) is 0 Å². The fourth-order valence-corrected chi connectivity index (χ4v) is 5.18. The molecule has 0 spiro atoms. The lowest BCUT2D eigenvalue weighted by atomic mass is 9.95. The number of carbonyl (C=O) groups is 2. The Kier molecular flexibility index (Phi) is 13.7. The molecule has 0 fully saturated rings. The van der Waals surface area contributed by atoms with Crippen LogP contribution in [0, 0.1) is 0 Å². The Morgan fingerprint density at radius 2 is 1.13 bits per heavy atom. The van der Waals surface area contributed by atoms with E-state index in [1.807, 2.05) is 0 Å². The van der Waals surface area contributed by atoms with Gasteiger partial charge in [-0.15, -0.1) is 0 Å². The van der Waals surface area contributed by atoms with E-state index in [9.17, 15) is 14.1 Å². The van der Waals surface area contributed by atoms with E-state index < -0.39 is 11.2 Å². The molecule has 1 aliphatic carbocycles. The van der Waals surface area contributed by atoms with Gasteiger partial charge in [-0.25, -0.2) is 0 Å². The van der Waals surface area contributed by atoms with E-state index in [-0.39, 0.29) is 11.6 Å². The van der Waals surface area contributed by atoms with Crippen LogP contribution in [0.15, 0.2) is 36.4 Å². The number of ketones is 2. The van der Waals surface area contributed by atoms with E-state index in [1.54, 1.807) is 24.3 Å². The molecule has 3 nitrogen and oxygen atoms in total. The number of hydrogen-bond donors (Lipinski definition) is 0. The highest BCUT2D eigenvalue weighted by molar-refractivity contribution is 7.92. The number of hydrogen-bond acceptors (Lipinski definition) is 3. The molecule has 0 aliphatic heterocycles. The molecule has 0 saturated heterocycles. The summed E-state index contributed by atoms with van der Waals surface area (Å²) in [7, 11) is 0. The molecular formula is C26H40O3S. The first kappa shape index (κ1) is 26.6. The van der Waals surface area contributed by atoms with Crippen LogP contribution in [0.4, 0.5) is 0 Å². The van der Waals surface area contributed by atoms with Crippen LogP contribution >= 0.6 is 0 Å². The molecule has 0 amide bonds. The third-order valence-corrected chi connectivity index (χ3v) is 7.62. The smallest absolute Gasteiger partial charge is 0.186 e. The van der Waals surface area contributed by atoms with Crippen LogP contribution in [0.5, 0.6) is 0 Å². The number of unbranched alkanes of at least 4 members (excludes halogenated alkanes) is 6. The van der Waals surface area contributed by atoms with Crippen molar-refractivity contribution in [2.75, 3.05) is 0 Å². The molecule has 1 aromatic carbocycles. The third-order valence-electron chi connectivity index (χ3n) is 5.57. The van der Waals surface area contributed by atoms with Gasteiger partial charge in [0.05, 0.1) is 0 Å². The summed E-state index contributed by atoms with van der Waals surface area (Å²) in [6.45, 7) is 8.81. The van der Waals surface area contributed by atoms with Gasteiger partial charge >= 0.3 is 0 Å². The monoisotopic (exact) mass is 432 g/mol. The molecule has 0 heterocycles. The standard InChI is InChI=1S/C16H34OS.C10H6O2/c1-5-7-9-11-13-15(3)18(17)16(4)14-12-10-8-6-2;11-9-5-6-10(12)8-4-2-1-3-7(8)9/h15-16H,5-14H2,1-4H3;1-6H. The van der Waals surface area contributed by atoms with Crippen molar-refractivity contribution in [2.24, 2.45) is 0 Å². The molecule has 1 aliphatic rings. The number of benzene rings is 1. The first-order valence-corrected chi connectivity index (χ1v) is 12.9. The Morgan fingerprint density at radius 3 is 1.50 bits per heavy atom. The summed E-state index contributed by atoms with van der Waals surface area (Å²) in [4.78, 5) is 22.4. The maximum absolute atomic E-state index is 12.3. The van der Waals surface area contributed by atoms with E-state index in [0.717, 1.165) is 12.8 Å². The summed E-state index contributed by atoms with van der Waals surface area (Å²) < 4.78 is 12.3. The predicted octanol–water partition coefficient (Wildman–Crippen LogP) is 7.07. The van der Waals surface area contributed by atoms with Gasteiger partial charge < -0.3 is 4.55 Å². The molecular weight excluding hydrogens is 392 g/mol. The largest absolute Gasteiger partial charge is 0.616 e. The maximum atomic E-state index is 12.3. The topological polar surface area (TPSA) is 57.2 Å². The minimum absolute atomic E-state index is 0.0924. The van der Waals surface area contributed by atoms with E-state index in [2.05, 4.69) is 27.7 Å². The van der Waals surface area contributed by atoms with Crippen molar-refractivity contribution >= 4 is 22.7 Å². The zero-order valence-corrected chi connectivity index (χ0v) is 20.1. The van der Waals surface area contributed by atoms with E-state index >= 15 is 0 Å². The molecule has 2 atom stereocenters. The molecule has 2 unspecified atom stereocenters. The zero-order chi connectivity index (χ0) is 22.4.